The van der Waals surface area contributed by atoms with Crippen molar-refractivity contribution in [2.75, 3.05) is 19.6 Å². The SMILES string of the molecule is CCCNC1[C@H]2CN(C(C)(C)C)C[C@@H]12. The van der Waals surface area contributed by atoms with Crippen LogP contribution in [0.2, 0.25) is 0 Å². The smallest absolute Gasteiger partial charge is 0.0155 e. The molecule has 1 aliphatic heterocycles. The highest BCUT2D eigenvalue weighted by molar-refractivity contribution is 5.11. The van der Waals surface area contributed by atoms with E-state index in [9.17, 15) is 0 Å². The Morgan fingerprint density at radius 2 is 1.79 bits per heavy atom. The van der Waals surface area contributed by atoms with Crippen LogP contribution in [0.25, 0.3) is 0 Å². The standard InChI is InChI=1S/C12H24N2/c1-5-6-13-11-9-7-14(8-10(9)11)12(2,3)4/h9-11,13H,5-8H2,1-4H3/t9-,10+,11?. The summed E-state index contributed by atoms with van der Waals surface area (Å²) in [5.74, 6) is 1.92. The summed E-state index contributed by atoms with van der Waals surface area (Å²) in [6.07, 6.45) is 1.26. The zero-order valence-electron chi connectivity index (χ0n) is 10.0. The molecule has 1 saturated heterocycles. The van der Waals surface area contributed by atoms with Crippen molar-refractivity contribution in [1.82, 2.24) is 10.2 Å². The number of nitrogens with one attached hydrogen (secondary N) is 1. The number of hydrogen-bond acceptors (Lipinski definition) is 2. The lowest BCUT2D eigenvalue weighted by atomic mass is 10.1. The number of nitrogens with zero attached hydrogens (tertiary/aromatic N) is 1. The van der Waals surface area contributed by atoms with Crippen molar-refractivity contribution in [3.8, 4) is 0 Å². The number of piperidine rings is 1. The number of rotatable bonds is 3. The Kier molecular flexibility index (Phi) is 2.61. The highest BCUT2D eigenvalue weighted by Gasteiger charge is 2.56. The van der Waals surface area contributed by atoms with Gasteiger partial charge in [-0.2, -0.15) is 0 Å². The van der Waals surface area contributed by atoms with Crippen LogP contribution in [-0.2, 0) is 0 Å². The van der Waals surface area contributed by atoms with Crippen LogP contribution in [0.5, 0.6) is 0 Å². The van der Waals surface area contributed by atoms with E-state index in [4.69, 9.17) is 0 Å². The third kappa shape index (κ3) is 1.82. The van der Waals surface area contributed by atoms with Crippen molar-refractivity contribution >= 4 is 0 Å². The summed E-state index contributed by atoms with van der Waals surface area (Å²) in [6.45, 7) is 13.1. The van der Waals surface area contributed by atoms with Gasteiger partial charge in [0.15, 0.2) is 0 Å². The largest absolute Gasteiger partial charge is 0.313 e. The van der Waals surface area contributed by atoms with Gasteiger partial charge in [-0.1, -0.05) is 6.92 Å². The third-order valence-corrected chi connectivity index (χ3v) is 3.77. The molecule has 1 heterocycles. The molecule has 2 nitrogen and oxygen atoms in total. The first-order chi connectivity index (χ1) is 6.54. The fourth-order valence-electron chi connectivity index (χ4n) is 2.69. The van der Waals surface area contributed by atoms with Crippen molar-refractivity contribution < 1.29 is 0 Å². The average Bonchev–Trinajstić information content (AvgIpc) is 2.57. The molecular weight excluding hydrogens is 172 g/mol. The Morgan fingerprint density at radius 3 is 2.21 bits per heavy atom. The maximum atomic E-state index is 3.65. The molecule has 2 fully saturated rings. The van der Waals surface area contributed by atoms with E-state index < -0.39 is 0 Å². The monoisotopic (exact) mass is 196 g/mol. The highest BCUT2D eigenvalue weighted by atomic mass is 15.3. The molecule has 0 spiro atoms. The molecule has 82 valence electrons. The van der Waals surface area contributed by atoms with Crippen LogP contribution >= 0.6 is 0 Å². The molecule has 1 unspecified atom stereocenters. The zero-order valence-corrected chi connectivity index (χ0v) is 10.0. The van der Waals surface area contributed by atoms with Gasteiger partial charge < -0.3 is 5.32 Å². The van der Waals surface area contributed by atoms with Crippen molar-refractivity contribution in [1.29, 1.82) is 0 Å². The lowest BCUT2D eigenvalue weighted by Gasteiger charge is -2.33. The summed E-state index contributed by atoms with van der Waals surface area (Å²) in [4.78, 5) is 2.63. The van der Waals surface area contributed by atoms with Crippen LogP contribution in [-0.4, -0.2) is 36.1 Å². The van der Waals surface area contributed by atoms with Gasteiger partial charge in [0.1, 0.15) is 0 Å². The molecular formula is C12H24N2. The molecule has 0 bridgehead atoms. The van der Waals surface area contributed by atoms with Gasteiger partial charge in [0.05, 0.1) is 0 Å². The van der Waals surface area contributed by atoms with Crippen LogP contribution in [0.4, 0.5) is 0 Å². The van der Waals surface area contributed by atoms with Crippen LogP contribution in [0.1, 0.15) is 34.1 Å². The second-order valence-corrected chi connectivity index (χ2v) is 5.88. The summed E-state index contributed by atoms with van der Waals surface area (Å²) in [5.41, 5.74) is 0.378. The molecule has 14 heavy (non-hydrogen) atoms. The minimum Gasteiger partial charge on any atom is -0.313 e. The van der Waals surface area contributed by atoms with Crippen LogP contribution in [0, 0.1) is 11.8 Å². The second-order valence-electron chi connectivity index (χ2n) is 5.88. The van der Waals surface area contributed by atoms with Gasteiger partial charge in [-0.15, -0.1) is 0 Å². The Balaban J connectivity index is 1.76. The van der Waals surface area contributed by atoms with Gasteiger partial charge >= 0.3 is 0 Å². The van der Waals surface area contributed by atoms with E-state index in [1.54, 1.807) is 0 Å². The van der Waals surface area contributed by atoms with Crippen LogP contribution < -0.4 is 5.32 Å². The predicted octanol–water partition coefficient (Wildman–Crippen LogP) is 1.71. The van der Waals surface area contributed by atoms with E-state index in [2.05, 4.69) is 37.9 Å². The van der Waals surface area contributed by atoms with E-state index in [1.807, 2.05) is 0 Å². The lowest BCUT2D eigenvalue weighted by Crippen LogP contribution is -2.43. The summed E-state index contributed by atoms with van der Waals surface area (Å²) in [5, 5.41) is 3.65. The summed E-state index contributed by atoms with van der Waals surface area (Å²) in [7, 11) is 0. The summed E-state index contributed by atoms with van der Waals surface area (Å²) >= 11 is 0. The topological polar surface area (TPSA) is 15.3 Å². The van der Waals surface area contributed by atoms with Crippen molar-refractivity contribution in [2.24, 2.45) is 11.8 Å². The van der Waals surface area contributed by atoms with Crippen LogP contribution in [0.15, 0.2) is 0 Å². The van der Waals surface area contributed by atoms with Crippen molar-refractivity contribution in [3.63, 3.8) is 0 Å². The van der Waals surface area contributed by atoms with Gasteiger partial charge in [-0.25, -0.2) is 0 Å². The average molecular weight is 196 g/mol. The number of hydrogen-bond donors (Lipinski definition) is 1. The number of likely N-dealkylation sites (tertiary alicyclic amines) is 1. The predicted molar refractivity (Wildman–Crippen MR) is 60.4 cm³/mol. The van der Waals surface area contributed by atoms with E-state index in [1.165, 1.54) is 26.1 Å². The van der Waals surface area contributed by atoms with Crippen LogP contribution in [0.3, 0.4) is 0 Å². The Morgan fingerprint density at radius 1 is 1.21 bits per heavy atom. The molecule has 2 aliphatic rings. The fourth-order valence-corrected chi connectivity index (χ4v) is 2.69. The molecule has 0 aromatic carbocycles. The van der Waals surface area contributed by atoms with Gasteiger partial charge in [0.2, 0.25) is 0 Å². The fraction of sp³-hybridized carbons (Fsp3) is 1.00. The first-order valence-corrected chi connectivity index (χ1v) is 6.02. The maximum Gasteiger partial charge on any atom is 0.0155 e. The molecule has 2 rings (SSSR count). The van der Waals surface area contributed by atoms with Gasteiger partial charge in [0.25, 0.3) is 0 Å². The van der Waals surface area contributed by atoms with Crippen molar-refractivity contribution in [2.45, 2.75) is 45.7 Å². The lowest BCUT2D eigenvalue weighted by molar-refractivity contribution is 0.150. The molecule has 0 aromatic rings. The first-order valence-electron chi connectivity index (χ1n) is 6.02. The van der Waals surface area contributed by atoms with Gasteiger partial charge in [-0.05, 0) is 45.6 Å². The normalized spacial score (nSPS) is 37.3. The number of fused-ring (bicyclic) bond motifs is 1. The van der Waals surface area contributed by atoms with E-state index >= 15 is 0 Å². The molecule has 0 amide bonds. The van der Waals surface area contributed by atoms with Gasteiger partial charge in [-0.3, -0.25) is 4.90 Å². The molecule has 1 aliphatic carbocycles. The van der Waals surface area contributed by atoms with E-state index in [0.29, 0.717) is 5.54 Å². The molecule has 0 aromatic heterocycles. The molecule has 1 saturated carbocycles. The molecule has 1 N–H and O–H groups in total. The van der Waals surface area contributed by atoms with E-state index in [0.717, 1.165) is 17.9 Å². The minimum atomic E-state index is 0.378. The summed E-state index contributed by atoms with van der Waals surface area (Å²) in [6, 6.07) is 0.855. The molecule has 0 radical (unpaired) electrons. The third-order valence-electron chi connectivity index (χ3n) is 3.77. The first kappa shape index (κ1) is 10.4. The Hall–Kier alpha value is -0.0800. The quantitative estimate of drug-likeness (QED) is 0.739. The Bertz CT molecular complexity index is 195. The zero-order chi connectivity index (χ0) is 10.3. The molecule has 2 heteroatoms. The van der Waals surface area contributed by atoms with E-state index in [-0.39, 0.29) is 0 Å². The maximum absolute atomic E-state index is 3.65. The summed E-state index contributed by atoms with van der Waals surface area (Å²) < 4.78 is 0. The Labute approximate surface area is 88.1 Å². The van der Waals surface area contributed by atoms with Gasteiger partial charge in [0, 0.05) is 24.7 Å². The minimum absolute atomic E-state index is 0.378. The second kappa shape index (κ2) is 3.49. The molecule has 3 atom stereocenters. The highest BCUT2D eigenvalue weighted by Crippen LogP contribution is 2.47. The van der Waals surface area contributed by atoms with Crippen molar-refractivity contribution in [3.05, 3.63) is 0 Å².